The van der Waals surface area contributed by atoms with Crippen LogP contribution in [0.25, 0.3) is 0 Å². The van der Waals surface area contributed by atoms with E-state index >= 15 is 0 Å². The minimum absolute atomic E-state index is 0.671. The van der Waals surface area contributed by atoms with Gasteiger partial charge in [-0.05, 0) is 67.7 Å². The quantitative estimate of drug-likeness (QED) is 0.907. The van der Waals surface area contributed by atoms with Crippen LogP contribution in [0.1, 0.15) is 43.7 Å². The van der Waals surface area contributed by atoms with E-state index in [4.69, 9.17) is 0 Å². The fourth-order valence-corrected chi connectivity index (χ4v) is 4.06. The number of benzene rings is 1. The van der Waals surface area contributed by atoms with Gasteiger partial charge in [-0.15, -0.1) is 0 Å². The number of nitrogens with one attached hydrogen (secondary N) is 1. The lowest BCUT2D eigenvalue weighted by molar-refractivity contribution is 0.360. The molecular formula is C18H26N2. The van der Waals surface area contributed by atoms with Crippen molar-refractivity contribution in [3.8, 4) is 0 Å². The molecule has 0 bridgehead atoms. The summed E-state index contributed by atoms with van der Waals surface area (Å²) in [5, 5.41) is 3.79. The summed E-state index contributed by atoms with van der Waals surface area (Å²) in [7, 11) is 0. The van der Waals surface area contributed by atoms with Crippen LogP contribution in [0.4, 0.5) is 5.69 Å². The SMILES string of the molecule is CCC1CNC(C2CC2)CN1c1ccc2c(c1)CCC2. The van der Waals surface area contributed by atoms with E-state index < -0.39 is 0 Å². The van der Waals surface area contributed by atoms with Gasteiger partial charge in [0.15, 0.2) is 0 Å². The molecule has 1 saturated carbocycles. The molecule has 0 spiro atoms. The second kappa shape index (κ2) is 5.07. The van der Waals surface area contributed by atoms with Crippen LogP contribution in [0.3, 0.4) is 0 Å². The van der Waals surface area contributed by atoms with Crippen molar-refractivity contribution in [1.29, 1.82) is 0 Å². The molecule has 2 heteroatoms. The largest absolute Gasteiger partial charge is 0.366 e. The Kier molecular flexibility index (Phi) is 3.22. The third-order valence-electron chi connectivity index (χ3n) is 5.53. The standard InChI is InChI=1S/C18H26N2/c1-2-16-11-19-18(14-6-7-14)12-20(16)17-9-8-13-4-3-5-15(13)10-17/h8-10,14,16,18-19H,2-7,11-12H2,1H3. The van der Waals surface area contributed by atoms with Crippen LogP contribution >= 0.6 is 0 Å². The summed E-state index contributed by atoms with van der Waals surface area (Å²) in [6.07, 6.45) is 8.04. The van der Waals surface area contributed by atoms with Gasteiger partial charge < -0.3 is 10.2 Å². The maximum Gasteiger partial charge on any atom is 0.0412 e. The lowest BCUT2D eigenvalue weighted by Crippen LogP contribution is -2.57. The monoisotopic (exact) mass is 270 g/mol. The van der Waals surface area contributed by atoms with Crippen LogP contribution in [-0.4, -0.2) is 25.2 Å². The van der Waals surface area contributed by atoms with E-state index in [9.17, 15) is 0 Å². The maximum absolute atomic E-state index is 3.79. The lowest BCUT2D eigenvalue weighted by atomic mass is 10.0. The minimum Gasteiger partial charge on any atom is -0.366 e. The van der Waals surface area contributed by atoms with Gasteiger partial charge in [-0.25, -0.2) is 0 Å². The highest BCUT2D eigenvalue weighted by molar-refractivity contribution is 5.53. The van der Waals surface area contributed by atoms with E-state index in [0.29, 0.717) is 6.04 Å². The lowest BCUT2D eigenvalue weighted by Gasteiger charge is -2.42. The Bertz CT molecular complexity index is 492. The van der Waals surface area contributed by atoms with Crippen LogP contribution in [0.5, 0.6) is 0 Å². The zero-order valence-corrected chi connectivity index (χ0v) is 12.6. The molecule has 4 rings (SSSR count). The second-order valence-electron chi connectivity index (χ2n) is 6.87. The Morgan fingerprint density at radius 2 is 2.05 bits per heavy atom. The summed E-state index contributed by atoms with van der Waals surface area (Å²) in [6.45, 7) is 4.70. The molecule has 1 heterocycles. The van der Waals surface area contributed by atoms with E-state index in [-0.39, 0.29) is 0 Å². The maximum atomic E-state index is 3.79. The Labute approximate surface area is 122 Å². The normalized spacial score (nSPS) is 29.6. The molecule has 2 nitrogen and oxygen atoms in total. The van der Waals surface area contributed by atoms with Crippen molar-refractivity contribution >= 4 is 5.69 Å². The van der Waals surface area contributed by atoms with E-state index in [1.807, 2.05) is 0 Å². The molecule has 1 N–H and O–H groups in total. The number of nitrogens with zero attached hydrogens (tertiary/aromatic N) is 1. The first kappa shape index (κ1) is 12.7. The number of rotatable bonds is 3. The Hall–Kier alpha value is -1.02. The van der Waals surface area contributed by atoms with Crippen molar-refractivity contribution in [2.45, 2.75) is 57.5 Å². The van der Waals surface area contributed by atoms with Crippen LogP contribution in [-0.2, 0) is 12.8 Å². The molecule has 1 saturated heterocycles. The number of fused-ring (bicyclic) bond motifs is 1. The summed E-state index contributed by atoms with van der Waals surface area (Å²) < 4.78 is 0. The highest BCUT2D eigenvalue weighted by Gasteiger charge is 2.36. The molecule has 1 aromatic rings. The predicted octanol–water partition coefficient (Wildman–Crippen LogP) is 3.14. The van der Waals surface area contributed by atoms with Crippen LogP contribution in [0, 0.1) is 5.92 Å². The van der Waals surface area contributed by atoms with Gasteiger partial charge in [0.2, 0.25) is 0 Å². The molecule has 2 fully saturated rings. The summed E-state index contributed by atoms with van der Waals surface area (Å²) >= 11 is 0. The van der Waals surface area contributed by atoms with Crippen molar-refractivity contribution in [3.05, 3.63) is 29.3 Å². The van der Waals surface area contributed by atoms with Gasteiger partial charge in [0.25, 0.3) is 0 Å². The number of anilines is 1. The zero-order chi connectivity index (χ0) is 13.5. The second-order valence-corrected chi connectivity index (χ2v) is 6.87. The molecule has 2 aliphatic carbocycles. The summed E-state index contributed by atoms with van der Waals surface area (Å²) in [5.41, 5.74) is 4.68. The van der Waals surface area contributed by atoms with Gasteiger partial charge in [-0.3, -0.25) is 0 Å². The fraction of sp³-hybridized carbons (Fsp3) is 0.667. The van der Waals surface area contributed by atoms with Crippen LogP contribution in [0.2, 0.25) is 0 Å². The first-order valence-electron chi connectivity index (χ1n) is 8.47. The molecule has 2 atom stereocenters. The van der Waals surface area contributed by atoms with Gasteiger partial charge in [0.1, 0.15) is 0 Å². The molecule has 1 aliphatic heterocycles. The third-order valence-corrected chi connectivity index (χ3v) is 5.53. The molecule has 20 heavy (non-hydrogen) atoms. The van der Waals surface area contributed by atoms with Crippen LogP contribution < -0.4 is 10.2 Å². The molecule has 0 radical (unpaired) electrons. The third kappa shape index (κ3) is 2.24. The molecule has 108 valence electrons. The summed E-state index contributed by atoms with van der Waals surface area (Å²) in [5.74, 6) is 0.949. The molecule has 0 aromatic heterocycles. The number of hydrogen-bond donors (Lipinski definition) is 1. The molecule has 0 amide bonds. The highest BCUT2D eigenvalue weighted by atomic mass is 15.2. The average molecular weight is 270 g/mol. The van der Waals surface area contributed by atoms with Gasteiger partial charge in [-0.1, -0.05) is 13.0 Å². The first-order chi connectivity index (χ1) is 9.85. The zero-order valence-electron chi connectivity index (χ0n) is 12.6. The van der Waals surface area contributed by atoms with Crippen molar-refractivity contribution < 1.29 is 0 Å². The van der Waals surface area contributed by atoms with Gasteiger partial charge in [-0.2, -0.15) is 0 Å². The van der Waals surface area contributed by atoms with Crippen molar-refractivity contribution in [1.82, 2.24) is 5.32 Å². The van der Waals surface area contributed by atoms with E-state index in [0.717, 1.165) is 18.5 Å². The van der Waals surface area contributed by atoms with Crippen molar-refractivity contribution in [2.24, 2.45) is 5.92 Å². The van der Waals surface area contributed by atoms with Gasteiger partial charge in [0, 0.05) is 30.9 Å². The predicted molar refractivity (Wildman–Crippen MR) is 84.4 cm³/mol. The summed E-state index contributed by atoms with van der Waals surface area (Å²) in [6, 6.07) is 8.65. The molecule has 3 aliphatic rings. The van der Waals surface area contributed by atoms with Crippen LogP contribution in [0.15, 0.2) is 18.2 Å². The van der Waals surface area contributed by atoms with E-state index in [2.05, 4.69) is 35.3 Å². The molecular weight excluding hydrogens is 244 g/mol. The summed E-state index contributed by atoms with van der Waals surface area (Å²) in [4.78, 5) is 2.69. The van der Waals surface area contributed by atoms with Crippen molar-refractivity contribution in [3.63, 3.8) is 0 Å². The fourth-order valence-electron chi connectivity index (χ4n) is 4.06. The smallest absolute Gasteiger partial charge is 0.0412 e. The van der Waals surface area contributed by atoms with Crippen molar-refractivity contribution in [2.75, 3.05) is 18.0 Å². The Balaban J connectivity index is 1.59. The van der Waals surface area contributed by atoms with Gasteiger partial charge in [0.05, 0.1) is 0 Å². The highest BCUT2D eigenvalue weighted by Crippen LogP contribution is 2.36. The molecule has 2 unspecified atom stereocenters. The first-order valence-corrected chi connectivity index (χ1v) is 8.47. The number of piperazine rings is 1. The Morgan fingerprint density at radius 3 is 2.85 bits per heavy atom. The topological polar surface area (TPSA) is 15.3 Å². The number of aryl methyl sites for hydroxylation is 2. The Morgan fingerprint density at radius 1 is 1.20 bits per heavy atom. The average Bonchev–Trinajstić information content (AvgIpc) is 3.24. The molecule has 1 aromatic carbocycles. The van der Waals surface area contributed by atoms with Gasteiger partial charge >= 0.3 is 0 Å². The van der Waals surface area contributed by atoms with E-state index in [1.54, 1.807) is 11.1 Å². The van der Waals surface area contributed by atoms with E-state index in [1.165, 1.54) is 50.8 Å². The minimum atomic E-state index is 0.671. The number of hydrogen-bond acceptors (Lipinski definition) is 2.